The highest BCUT2D eigenvalue weighted by molar-refractivity contribution is 7.89. The molecule has 0 aliphatic carbocycles. The molecular weight excluding hydrogens is 294 g/mol. The largest absolute Gasteiger partial charge is 0.278 e. The van der Waals surface area contributed by atoms with Crippen molar-refractivity contribution in [2.45, 2.75) is 4.90 Å². The molecule has 0 heterocycles. The lowest BCUT2D eigenvalue weighted by molar-refractivity contribution is -0.385. The monoisotopic (exact) mass is 305 g/mol. The summed E-state index contributed by atoms with van der Waals surface area (Å²) in [6.45, 7) is 0. The van der Waals surface area contributed by atoms with Crippen molar-refractivity contribution in [2.24, 2.45) is 10.1 Å². The van der Waals surface area contributed by atoms with E-state index in [9.17, 15) is 18.5 Å². The highest BCUT2D eigenvalue weighted by atomic mass is 32.2. The van der Waals surface area contributed by atoms with Gasteiger partial charge in [-0.05, 0) is 30.3 Å². The Morgan fingerprint density at radius 2 is 1.71 bits per heavy atom. The first kappa shape index (κ1) is 14.8. The highest BCUT2D eigenvalue weighted by Crippen LogP contribution is 2.19. The Kier molecular flexibility index (Phi) is 4.10. The molecule has 0 saturated carbocycles. The Balaban J connectivity index is 2.28. The van der Waals surface area contributed by atoms with E-state index in [0.29, 0.717) is 11.3 Å². The first-order valence-electron chi connectivity index (χ1n) is 5.78. The molecule has 0 unspecified atom stereocenters. The van der Waals surface area contributed by atoms with Gasteiger partial charge in [0.2, 0.25) is 10.0 Å². The van der Waals surface area contributed by atoms with Crippen molar-refractivity contribution in [2.75, 3.05) is 0 Å². The Labute approximate surface area is 121 Å². The Bertz CT molecular complexity index is 798. The van der Waals surface area contributed by atoms with Gasteiger partial charge in [0.15, 0.2) is 0 Å². The van der Waals surface area contributed by atoms with Gasteiger partial charge in [-0.25, -0.2) is 13.6 Å². The Morgan fingerprint density at radius 1 is 1.10 bits per heavy atom. The summed E-state index contributed by atoms with van der Waals surface area (Å²) >= 11 is 0. The predicted molar refractivity (Wildman–Crippen MR) is 78.2 cm³/mol. The van der Waals surface area contributed by atoms with Gasteiger partial charge >= 0.3 is 0 Å². The van der Waals surface area contributed by atoms with Gasteiger partial charge in [0.1, 0.15) is 0 Å². The van der Waals surface area contributed by atoms with Gasteiger partial charge in [-0.15, -0.1) is 0 Å². The number of hydrogen-bond acceptors (Lipinski definition) is 5. The van der Waals surface area contributed by atoms with Crippen molar-refractivity contribution < 1.29 is 13.3 Å². The topological polar surface area (TPSA) is 116 Å². The van der Waals surface area contributed by atoms with E-state index < -0.39 is 14.9 Å². The third-order valence-corrected chi connectivity index (χ3v) is 3.58. The second-order valence-electron chi connectivity index (χ2n) is 4.11. The minimum atomic E-state index is -3.75. The highest BCUT2D eigenvalue weighted by Gasteiger charge is 2.10. The molecule has 0 saturated heterocycles. The van der Waals surface area contributed by atoms with E-state index in [1.807, 2.05) is 0 Å². The van der Waals surface area contributed by atoms with E-state index in [1.165, 1.54) is 36.5 Å². The van der Waals surface area contributed by atoms with Crippen molar-refractivity contribution in [3.8, 4) is 0 Å². The molecule has 0 radical (unpaired) electrons. The Morgan fingerprint density at radius 3 is 2.29 bits per heavy atom. The van der Waals surface area contributed by atoms with Gasteiger partial charge in [0.05, 0.1) is 21.1 Å². The Hall–Kier alpha value is -2.58. The summed E-state index contributed by atoms with van der Waals surface area (Å²) < 4.78 is 22.2. The van der Waals surface area contributed by atoms with Gasteiger partial charge in [0, 0.05) is 12.3 Å². The summed E-state index contributed by atoms with van der Waals surface area (Å²) in [5.41, 5.74) is 0.765. The van der Waals surface area contributed by atoms with Crippen LogP contribution in [0.5, 0.6) is 0 Å². The molecule has 0 amide bonds. The maximum atomic E-state index is 11.1. The molecule has 2 N–H and O–H groups in total. The standard InChI is InChI=1S/C13H11N3O4S/c14-21(19,20)12-7-5-11(6-8-12)15-9-10-3-1-2-4-13(10)16(17)18/h1-9H,(H2,14,19,20). The second-order valence-corrected chi connectivity index (χ2v) is 5.67. The van der Waals surface area contributed by atoms with Gasteiger partial charge in [-0.1, -0.05) is 12.1 Å². The summed E-state index contributed by atoms with van der Waals surface area (Å²) in [7, 11) is -3.75. The molecule has 108 valence electrons. The van der Waals surface area contributed by atoms with Crippen molar-refractivity contribution in [1.82, 2.24) is 0 Å². The lowest BCUT2D eigenvalue weighted by Crippen LogP contribution is -2.11. The van der Waals surface area contributed by atoms with Gasteiger partial charge in [-0.2, -0.15) is 0 Å². The van der Waals surface area contributed by atoms with E-state index in [4.69, 9.17) is 5.14 Å². The van der Waals surface area contributed by atoms with Gasteiger partial charge in [-0.3, -0.25) is 15.1 Å². The van der Waals surface area contributed by atoms with Crippen LogP contribution in [0.15, 0.2) is 58.4 Å². The number of para-hydroxylation sites is 1. The molecule has 2 aromatic carbocycles. The molecule has 21 heavy (non-hydrogen) atoms. The smallest absolute Gasteiger partial charge is 0.258 e. The minimum Gasteiger partial charge on any atom is -0.258 e. The lowest BCUT2D eigenvalue weighted by atomic mass is 10.2. The fourth-order valence-electron chi connectivity index (χ4n) is 1.63. The van der Waals surface area contributed by atoms with E-state index in [-0.39, 0.29) is 10.6 Å². The maximum absolute atomic E-state index is 11.1. The third kappa shape index (κ3) is 3.71. The molecule has 0 aromatic heterocycles. The average Bonchev–Trinajstić information content (AvgIpc) is 2.45. The van der Waals surface area contributed by atoms with Crippen LogP contribution >= 0.6 is 0 Å². The van der Waals surface area contributed by atoms with Crippen molar-refractivity contribution in [1.29, 1.82) is 0 Å². The SMILES string of the molecule is NS(=O)(=O)c1ccc(N=Cc2ccccc2[N+](=O)[O-])cc1. The number of rotatable bonds is 4. The molecule has 0 atom stereocenters. The number of nitrogens with two attached hydrogens (primary N) is 1. The summed E-state index contributed by atoms with van der Waals surface area (Å²) in [6.07, 6.45) is 1.35. The van der Waals surface area contributed by atoms with Crippen LogP contribution in [0.1, 0.15) is 5.56 Å². The number of primary sulfonamides is 1. The second kappa shape index (κ2) is 5.81. The zero-order valence-corrected chi connectivity index (χ0v) is 11.5. The molecule has 0 spiro atoms. The molecule has 2 rings (SSSR count). The number of nitro groups is 1. The van der Waals surface area contributed by atoms with Gasteiger partial charge < -0.3 is 0 Å². The zero-order chi connectivity index (χ0) is 15.5. The summed E-state index contributed by atoms with van der Waals surface area (Å²) in [4.78, 5) is 14.4. The summed E-state index contributed by atoms with van der Waals surface area (Å²) in [5, 5.41) is 15.8. The average molecular weight is 305 g/mol. The van der Waals surface area contributed by atoms with Crippen molar-refractivity contribution >= 4 is 27.6 Å². The van der Waals surface area contributed by atoms with E-state index in [2.05, 4.69) is 4.99 Å². The maximum Gasteiger partial charge on any atom is 0.278 e. The molecular formula is C13H11N3O4S. The molecule has 8 heteroatoms. The van der Waals surface area contributed by atoms with Crippen LogP contribution in [0.4, 0.5) is 11.4 Å². The van der Waals surface area contributed by atoms with Crippen LogP contribution in [0.2, 0.25) is 0 Å². The number of nitro benzene ring substituents is 1. The molecule has 0 bridgehead atoms. The quantitative estimate of drug-likeness (QED) is 0.528. The van der Waals surface area contributed by atoms with Gasteiger partial charge in [0.25, 0.3) is 5.69 Å². The number of nitrogens with zero attached hydrogens (tertiary/aromatic N) is 2. The predicted octanol–water partition coefficient (Wildman–Crippen LogP) is 1.99. The van der Waals surface area contributed by atoms with Crippen LogP contribution in [-0.4, -0.2) is 19.6 Å². The van der Waals surface area contributed by atoms with Crippen molar-refractivity contribution in [3.63, 3.8) is 0 Å². The molecule has 0 fully saturated rings. The lowest BCUT2D eigenvalue weighted by Gasteiger charge is -1.99. The zero-order valence-electron chi connectivity index (χ0n) is 10.7. The number of sulfonamides is 1. The van der Waals surface area contributed by atoms with Crippen LogP contribution < -0.4 is 5.14 Å². The molecule has 0 aliphatic heterocycles. The third-order valence-electron chi connectivity index (χ3n) is 2.65. The molecule has 2 aromatic rings. The van der Waals surface area contributed by atoms with Crippen LogP contribution in [0.25, 0.3) is 0 Å². The fourth-order valence-corrected chi connectivity index (χ4v) is 2.14. The molecule has 0 aliphatic rings. The first-order chi connectivity index (χ1) is 9.88. The van der Waals surface area contributed by atoms with Crippen LogP contribution in [0, 0.1) is 10.1 Å². The number of benzene rings is 2. The number of hydrogen-bond donors (Lipinski definition) is 1. The van der Waals surface area contributed by atoms with E-state index >= 15 is 0 Å². The van der Waals surface area contributed by atoms with Crippen molar-refractivity contribution in [3.05, 3.63) is 64.2 Å². The molecule has 7 nitrogen and oxygen atoms in total. The number of aliphatic imine (C=N–C) groups is 1. The first-order valence-corrected chi connectivity index (χ1v) is 7.33. The normalized spacial score (nSPS) is 11.7. The van der Waals surface area contributed by atoms with Crippen LogP contribution in [-0.2, 0) is 10.0 Å². The van der Waals surface area contributed by atoms with E-state index in [0.717, 1.165) is 0 Å². The van der Waals surface area contributed by atoms with E-state index in [1.54, 1.807) is 18.2 Å². The van der Waals surface area contributed by atoms with Crippen LogP contribution in [0.3, 0.4) is 0 Å². The fraction of sp³-hybridized carbons (Fsp3) is 0. The summed E-state index contributed by atoms with van der Waals surface area (Å²) in [5.74, 6) is 0. The summed E-state index contributed by atoms with van der Waals surface area (Å²) in [6, 6.07) is 11.7. The minimum absolute atomic E-state index is 0.0212.